The van der Waals surface area contributed by atoms with Gasteiger partial charge in [-0.3, -0.25) is 9.59 Å². The molecule has 0 heterocycles. The summed E-state index contributed by atoms with van der Waals surface area (Å²) in [5, 5.41) is 5.54. The summed E-state index contributed by atoms with van der Waals surface area (Å²) in [5.41, 5.74) is 2.31. The summed E-state index contributed by atoms with van der Waals surface area (Å²) >= 11 is 0. The maximum atomic E-state index is 12.0. The number of carbonyl (C=O) groups is 2. The van der Waals surface area contributed by atoms with Gasteiger partial charge in [0.15, 0.2) is 0 Å². The van der Waals surface area contributed by atoms with Crippen LogP contribution in [0, 0.1) is 12.8 Å². The van der Waals surface area contributed by atoms with E-state index >= 15 is 0 Å². The zero-order valence-electron chi connectivity index (χ0n) is 13.3. The Morgan fingerprint density at radius 1 is 1.19 bits per heavy atom. The van der Waals surface area contributed by atoms with Gasteiger partial charge in [0.05, 0.1) is 0 Å². The fraction of sp³-hybridized carbons (Fsp3) is 0.500. The number of benzene rings is 1. The lowest BCUT2D eigenvalue weighted by atomic mass is 10.1. The Hall–Kier alpha value is -1.88. The summed E-state index contributed by atoms with van der Waals surface area (Å²) in [5.74, 6) is 0.0901. The van der Waals surface area contributed by atoms with E-state index in [1.165, 1.54) is 6.92 Å². The number of carbonyl (C=O) groups excluding carboxylic acids is 2. The zero-order valence-corrected chi connectivity index (χ0v) is 13.3. The molecule has 0 aromatic heterocycles. The molecular weight excluding hydrogens is 268 g/mol. The molecule has 1 aromatic carbocycles. The van der Waals surface area contributed by atoms with Gasteiger partial charge in [-0.2, -0.15) is 0 Å². The minimum atomic E-state index is -0.497. The van der Waals surface area contributed by atoms with Gasteiger partial charge in [-0.15, -0.1) is 0 Å². The summed E-state index contributed by atoms with van der Waals surface area (Å²) in [4.78, 5) is 23.0. The summed E-state index contributed by atoms with van der Waals surface area (Å²) in [7, 11) is 0. The first-order valence-corrected chi connectivity index (χ1v) is 7.10. The van der Waals surface area contributed by atoms with Gasteiger partial charge in [0.25, 0.3) is 5.91 Å². The van der Waals surface area contributed by atoms with E-state index in [1.807, 2.05) is 26.8 Å². The molecule has 116 valence electrons. The molecule has 0 spiro atoms. The number of hydrogen-bond donors (Lipinski definition) is 2. The van der Waals surface area contributed by atoms with Gasteiger partial charge in [0.2, 0.25) is 5.91 Å². The van der Waals surface area contributed by atoms with Crippen molar-refractivity contribution in [2.75, 3.05) is 17.2 Å². The first-order chi connectivity index (χ1) is 9.79. The van der Waals surface area contributed by atoms with Crippen LogP contribution in [0.4, 0.5) is 11.4 Å². The predicted molar refractivity (Wildman–Crippen MR) is 84.4 cm³/mol. The maximum absolute atomic E-state index is 12.0. The second-order valence-corrected chi connectivity index (χ2v) is 5.57. The van der Waals surface area contributed by atoms with Crippen LogP contribution in [-0.2, 0) is 14.3 Å². The van der Waals surface area contributed by atoms with Crippen molar-refractivity contribution in [1.29, 1.82) is 0 Å². The molecule has 1 aromatic rings. The van der Waals surface area contributed by atoms with Crippen LogP contribution in [0.1, 0.15) is 33.3 Å². The quantitative estimate of drug-likeness (QED) is 0.847. The van der Waals surface area contributed by atoms with E-state index in [2.05, 4.69) is 10.6 Å². The van der Waals surface area contributed by atoms with Crippen LogP contribution in [0.25, 0.3) is 0 Å². The average Bonchev–Trinajstić information content (AvgIpc) is 2.38. The van der Waals surface area contributed by atoms with Gasteiger partial charge in [-0.05, 0) is 43.5 Å². The van der Waals surface area contributed by atoms with E-state index in [0.29, 0.717) is 18.2 Å². The van der Waals surface area contributed by atoms with Crippen LogP contribution >= 0.6 is 0 Å². The molecule has 0 radical (unpaired) electrons. The maximum Gasteiger partial charge on any atom is 0.253 e. The van der Waals surface area contributed by atoms with E-state index in [4.69, 9.17) is 4.74 Å². The highest BCUT2D eigenvalue weighted by Crippen LogP contribution is 2.20. The normalized spacial score (nSPS) is 12.1. The second-order valence-electron chi connectivity index (χ2n) is 5.57. The monoisotopic (exact) mass is 292 g/mol. The minimum absolute atomic E-state index is 0.120. The highest BCUT2D eigenvalue weighted by Gasteiger charge is 2.14. The molecule has 2 N–H and O–H groups in total. The first kappa shape index (κ1) is 17.2. The van der Waals surface area contributed by atoms with Gasteiger partial charge >= 0.3 is 0 Å². The molecule has 0 saturated heterocycles. The summed E-state index contributed by atoms with van der Waals surface area (Å²) in [6, 6.07) is 5.34. The van der Waals surface area contributed by atoms with Crippen molar-refractivity contribution >= 4 is 23.2 Å². The fourth-order valence-corrected chi connectivity index (χ4v) is 1.73. The highest BCUT2D eigenvalue weighted by atomic mass is 16.5. The van der Waals surface area contributed by atoms with E-state index in [1.54, 1.807) is 19.1 Å². The standard InChI is InChI=1S/C16H24N2O3/c1-10(2)9-21-12(4)16(20)18-14-6-7-15(11(3)8-14)17-13(5)19/h6-8,10,12H,9H2,1-5H3,(H,17,19)(H,18,20). The molecule has 2 amide bonds. The topological polar surface area (TPSA) is 67.4 Å². The average molecular weight is 292 g/mol. The van der Waals surface area contributed by atoms with Crippen LogP contribution in [0.5, 0.6) is 0 Å². The molecule has 5 heteroatoms. The number of aryl methyl sites for hydroxylation is 1. The third-order valence-electron chi connectivity index (χ3n) is 2.85. The van der Waals surface area contributed by atoms with E-state index in [0.717, 1.165) is 11.3 Å². The molecule has 1 rings (SSSR count). The Morgan fingerprint density at radius 2 is 1.86 bits per heavy atom. The van der Waals surface area contributed by atoms with E-state index in [9.17, 15) is 9.59 Å². The highest BCUT2D eigenvalue weighted by molar-refractivity contribution is 5.95. The van der Waals surface area contributed by atoms with Crippen molar-refractivity contribution in [2.45, 2.75) is 40.7 Å². The minimum Gasteiger partial charge on any atom is -0.368 e. The molecule has 0 aliphatic carbocycles. The Kier molecular flexibility index (Phi) is 6.37. The molecule has 5 nitrogen and oxygen atoms in total. The molecular formula is C16H24N2O3. The fourth-order valence-electron chi connectivity index (χ4n) is 1.73. The van der Waals surface area contributed by atoms with Crippen molar-refractivity contribution in [2.24, 2.45) is 5.92 Å². The third-order valence-corrected chi connectivity index (χ3v) is 2.85. The lowest BCUT2D eigenvalue weighted by Crippen LogP contribution is -2.29. The zero-order chi connectivity index (χ0) is 16.0. The third kappa shape index (κ3) is 5.95. The van der Waals surface area contributed by atoms with Gasteiger partial charge in [0, 0.05) is 24.9 Å². The van der Waals surface area contributed by atoms with Crippen molar-refractivity contribution in [3.05, 3.63) is 23.8 Å². The molecule has 0 fully saturated rings. The molecule has 1 atom stereocenters. The first-order valence-electron chi connectivity index (χ1n) is 7.10. The summed E-state index contributed by atoms with van der Waals surface area (Å²) in [6.07, 6.45) is -0.497. The molecule has 21 heavy (non-hydrogen) atoms. The van der Waals surface area contributed by atoms with Crippen LogP contribution < -0.4 is 10.6 Å². The predicted octanol–water partition coefficient (Wildman–Crippen LogP) is 2.95. The number of nitrogens with one attached hydrogen (secondary N) is 2. The molecule has 0 bridgehead atoms. The van der Waals surface area contributed by atoms with Gasteiger partial charge < -0.3 is 15.4 Å². The molecule has 0 aliphatic heterocycles. The van der Waals surface area contributed by atoms with Crippen LogP contribution in [0.15, 0.2) is 18.2 Å². The van der Waals surface area contributed by atoms with Gasteiger partial charge in [-0.1, -0.05) is 13.8 Å². The van der Waals surface area contributed by atoms with E-state index < -0.39 is 6.10 Å². The number of hydrogen-bond acceptors (Lipinski definition) is 3. The Bertz CT molecular complexity index is 512. The second kappa shape index (κ2) is 7.78. The van der Waals surface area contributed by atoms with Crippen LogP contribution in [-0.4, -0.2) is 24.5 Å². The van der Waals surface area contributed by atoms with Crippen molar-refractivity contribution < 1.29 is 14.3 Å². The van der Waals surface area contributed by atoms with Gasteiger partial charge in [0.1, 0.15) is 6.10 Å². The molecule has 0 saturated carbocycles. The molecule has 1 unspecified atom stereocenters. The van der Waals surface area contributed by atoms with E-state index in [-0.39, 0.29) is 11.8 Å². The Morgan fingerprint density at radius 3 is 2.38 bits per heavy atom. The smallest absolute Gasteiger partial charge is 0.253 e. The Balaban J connectivity index is 2.64. The Labute approximate surface area is 126 Å². The van der Waals surface area contributed by atoms with Gasteiger partial charge in [-0.25, -0.2) is 0 Å². The summed E-state index contributed by atoms with van der Waals surface area (Å²) in [6.45, 7) is 9.69. The largest absolute Gasteiger partial charge is 0.368 e. The molecule has 0 aliphatic rings. The summed E-state index contributed by atoms with van der Waals surface area (Å²) < 4.78 is 5.47. The number of amides is 2. The number of ether oxygens (including phenoxy) is 1. The van der Waals surface area contributed by atoms with Crippen molar-refractivity contribution in [1.82, 2.24) is 0 Å². The van der Waals surface area contributed by atoms with Crippen LogP contribution in [0.3, 0.4) is 0 Å². The van der Waals surface area contributed by atoms with Crippen LogP contribution in [0.2, 0.25) is 0 Å². The lowest BCUT2D eigenvalue weighted by molar-refractivity contribution is -0.127. The number of rotatable bonds is 6. The number of anilines is 2. The van der Waals surface area contributed by atoms with Crippen molar-refractivity contribution in [3.63, 3.8) is 0 Å². The van der Waals surface area contributed by atoms with Crippen molar-refractivity contribution in [3.8, 4) is 0 Å². The SMILES string of the molecule is CC(=O)Nc1ccc(NC(=O)C(C)OCC(C)C)cc1C. The lowest BCUT2D eigenvalue weighted by Gasteiger charge is -2.15.